The van der Waals surface area contributed by atoms with Crippen LogP contribution in [-0.4, -0.2) is 0 Å². The largest absolute Gasteiger partial charge is 0.310 e. The Kier molecular flexibility index (Phi) is 6.47. The number of nitrogens with zero attached hydrogens (tertiary/aromatic N) is 1. The van der Waals surface area contributed by atoms with Gasteiger partial charge in [0, 0.05) is 16.9 Å². The fourth-order valence-electron chi connectivity index (χ4n) is 8.65. The highest BCUT2D eigenvalue weighted by Crippen LogP contribution is 2.64. The zero-order valence-corrected chi connectivity index (χ0v) is 27.5. The predicted molar refractivity (Wildman–Crippen MR) is 208 cm³/mol. The summed E-state index contributed by atoms with van der Waals surface area (Å²) in [5, 5.41) is 0. The molecule has 1 heteroatoms. The third-order valence-corrected chi connectivity index (χ3v) is 10.6. The highest BCUT2D eigenvalue weighted by molar-refractivity contribution is 6.01. The third-order valence-electron chi connectivity index (χ3n) is 10.6. The van der Waals surface area contributed by atoms with Crippen LogP contribution in [0.25, 0.3) is 44.5 Å². The van der Waals surface area contributed by atoms with Gasteiger partial charge in [-0.3, -0.25) is 0 Å². The second-order valence-electron chi connectivity index (χ2n) is 13.3. The summed E-state index contributed by atoms with van der Waals surface area (Å²) in [6, 6.07) is 73.4. The van der Waals surface area contributed by atoms with Crippen molar-refractivity contribution in [3.05, 3.63) is 222 Å². The standard InChI is InChI=1S/C49H33N/c1-4-17-34(18-5-1)36-31-37(35-19-6-2-7-20-35)33-39(32-36)50(38-21-8-3-9-22-38)47-30-16-29-46-48(47)42-25-12-15-28-45(42)49(46)43-26-13-10-23-40(43)41-24-11-14-27-44(41)49/h1-33H. The van der Waals surface area contributed by atoms with E-state index >= 15 is 0 Å². The number of hydrogen-bond donors (Lipinski definition) is 0. The summed E-state index contributed by atoms with van der Waals surface area (Å²) in [5.41, 5.74) is 18.4. The average Bonchev–Trinajstić information content (AvgIpc) is 3.67. The van der Waals surface area contributed by atoms with Crippen LogP contribution in [0, 0.1) is 0 Å². The molecule has 0 saturated carbocycles. The van der Waals surface area contributed by atoms with E-state index in [1.165, 1.54) is 72.4 Å². The van der Waals surface area contributed by atoms with Crippen molar-refractivity contribution in [3.8, 4) is 44.5 Å². The molecular formula is C49H33N. The molecular weight excluding hydrogens is 603 g/mol. The molecule has 0 N–H and O–H groups in total. The van der Waals surface area contributed by atoms with Gasteiger partial charge in [0.25, 0.3) is 0 Å². The van der Waals surface area contributed by atoms with Gasteiger partial charge in [0.15, 0.2) is 0 Å². The average molecular weight is 636 g/mol. The Morgan fingerprint density at radius 2 is 0.740 bits per heavy atom. The molecule has 0 unspecified atom stereocenters. The number of benzene rings is 8. The molecule has 0 atom stereocenters. The molecule has 0 aromatic heterocycles. The van der Waals surface area contributed by atoms with Gasteiger partial charge in [-0.15, -0.1) is 0 Å². The van der Waals surface area contributed by atoms with Crippen LogP contribution in [0.4, 0.5) is 17.1 Å². The van der Waals surface area contributed by atoms with Crippen LogP contribution in [0.15, 0.2) is 200 Å². The Hall–Kier alpha value is -6.44. The number of para-hydroxylation sites is 1. The molecule has 8 aromatic rings. The van der Waals surface area contributed by atoms with Crippen LogP contribution in [0.5, 0.6) is 0 Å². The molecule has 0 radical (unpaired) electrons. The maximum Gasteiger partial charge on any atom is 0.0726 e. The number of fused-ring (bicyclic) bond motifs is 10. The van der Waals surface area contributed by atoms with Crippen LogP contribution in [0.3, 0.4) is 0 Å². The molecule has 1 nitrogen and oxygen atoms in total. The van der Waals surface area contributed by atoms with E-state index in [1.54, 1.807) is 0 Å². The lowest BCUT2D eigenvalue weighted by molar-refractivity contribution is 0.794. The van der Waals surface area contributed by atoms with E-state index < -0.39 is 5.41 Å². The number of rotatable bonds is 5. The molecule has 234 valence electrons. The summed E-state index contributed by atoms with van der Waals surface area (Å²) in [5.74, 6) is 0. The first-order chi connectivity index (χ1) is 24.8. The van der Waals surface area contributed by atoms with Gasteiger partial charge in [-0.05, 0) is 97.6 Å². The minimum atomic E-state index is -0.404. The second-order valence-corrected chi connectivity index (χ2v) is 13.3. The van der Waals surface area contributed by atoms with E-state index in [0.29, 0.717) is 0 Å². The van der Waals surface area contributed by atoms with Crippen LogP contribution in [0.2, 0.25) is 0 Å². The van der Waals surface area contributed by atoms with E-state index in [9.17, 15) is 0 Å². The van der Waals surface area contributed by atoms with E-state index in [-0.39, 0.29) is 0 Å². The molecule has 1 spiro atoms. The Morgan fingerprint density at radius 1 is 0.300 bits per heavy atom. The predicted octanol–water partition coefficient (Wildman–Crippen LogP) is 12.8. The van der Waals surface area contributed by atoms with E-state index in [0.717, 1.165) is 11.4 Å². The topological polar surface area (TPSA) is 3.24 Å². The van der Waals surface area contributed by atoms with Gasteiger partial charge in [0.05, 0.1) is 11.1 Å². The van der Waals surface area contributed by atoms with Crippen LogP contribution in [-0.2, 0) is 5.41 Å². The maximum absolute atomic E-state index is 2.47. The molecule has 0 heterocycles. The highest BCUT2D eigenvalue weighted by atomic mass is 15.1. The molecule has 0 fully saturated rings. The lowest BCUT2D eigenvalue weighted by Crippen LogP contribution is -2.26. The molecule has 8 aromatic carbocycles. The Morgan fingerprint density at radius 3 is 1.30 bits per heavy atom. The molecule has 50 heavy (non-hydrogen) atoms. The van der Waals surface area contributed by atoms with Gasteiger partial charge < -0.3 is 4.90 Å². The summed E-state index contributed by atoms with van der Waals surface area (Å²) in [6.07, 6.45) is 0. The number of hydrogen-bond acceptors (Lipinski definition) is 1. The smallest absolute Gasteiger partial charge is 0.0726 e. The molecule has 10 rings (SSSR count). The van der Waals surface area contributed by atoms with Crippen molar-refractivity contribution in [2.24, 2.45) is 0 Å². The van der Waals surface area contributed by atoms with Crippen molar-refractivity contribution in [2.75, 3.05) is 4.90 Å². The first-order valence-corrected chi connectivity index (χ1v) is 17.4. The molecule has 0 amide bonds. The SMILES string of the molecule is c1ccc(-c2cc(-c3ccccc3)cc(N(c3ccccc3)c3cccc4c3-c3ccccc3C43c4ccccc4-c4ccccc43)c2)cc1. The van der Waals surface area contributed by atoms with Gasteiger partial charge in [-0.2, -0.15) is 0 Å². The Labute approximate surface area is 293 Å². The second kappa shape index (κ2) is 11.3. The summed E-state index contributed by atoms with van der Waals surface area (Å²) >= 11 is 0. The number of anilines is 3. The minimum Gasteiger partial charge on any atom is -0.310 e. The van der Waals surface area contributed by atoms with Crippen molar-refractivity contribution in [3.63, 3.8) is 0 Å². The quantitative estimate of drug-likeness (QED) is 0.182. The summed E-state index contributed by atoms with van der Waals surface area (Å²) in [6.45, 7) is 0. The van der Waals surface area contributed by atoms with Crippen molar-refractivity contribution in [1.82, 2.24) is 0 Å². The minimum absolute atomic E-state index is 0.404. The Bertz CT molecular complexity index is 2430. The fourth-order valence-corrected chi connectivity index (χ4v) is 8.65. The molecule has 0 bridgehead atoms. The first-order valence-electron chi connectivity index (χ1n) is 17.4. The van der Waals surface area contributed by atoms with Crippen LogP contribution in [0.1, 0.15) is 22.3 Å². The normalized spacial score (nSPS) is 13.0. The van der Waals surface area contributed by atoms with Crippen molar-refractivity contribution < 1.29 is 0 Å². The lowest BCUT2D eigenvalue weighted by Gasteiger charge is -2.32. The third kappa shape index (κ3) is 4.14. The highest BCUT2D eigenvalue weighted by Gasteiger charge is 2.52. The van der Waals surface area contributed by atoms with E-state index in [1.807, 2.05) is 0 Å². The lowest BCUT2D eigenvalue weighted by atomic mass is 9.70. The first kappa shape index (κ1) is 28.6. The molecule has 0 aliphatic heterocycles. The van der Waals surface area contributed by atoms with Crippen molar-refractivity contribution in [1.29, 1.82) is 0 Å². The van der Waals surface area contributed by atoms with Gasteiger partial charge >= 0.3 is 0 Å². The fraction of sp³-hybridized carbons (Fsp3) is 0.0204. The van der Waals surface area contributed by atoms with Crippen molar-refractivity contribution >= 4 is 17.1 Å². The summed E-state index contributed by atoms with van der Waals surface area (Å²) < 4.78 is 0. The molecule has 2 aliphatic carbocycles. The van der Waals surface area contributed by atoms with Crippen LogP contribution >= 0.6 is 0 Å². The monoisotopic (exact) mass is 635 g/mol. The maximum atomic E-state index is 2.47. The summed E-state index contributed by atoms with van der Waals surface area (Å²) in [4.78, 5) is 2.47. The van der Waals surface area contributed by atoms with Gasteiger partial charge in [-0.25, -0.2) is 0 Å². The van der Waals surface area contributed by atoms with Gasteiger partial charge in [0.1, 0.15) is 0 Å². The van der Waals surface area contributed by atoms with Crippen molar-refractivity contribution in [2.45, 2.75) is 5.41 Å². The zero-order valence-electron chi connectivity index (χ0n) is 27.5. The Balaban J connectivity index is 1.29. The zero-order chi connectivity index (χ0) is 33.1. The summed E-state index contributed by atoms with van der Waals surface area (Å²) in [7, 11) is 0. The van der Waals surface area contributed by atoms with E-state index in [2.05, 4.69) is 205 Å². The van der Waals surface area contributed by atoms with Gasteiger partial charge in [-0.1, -0.05) is 164 Å². The molecule has 2 aliphatic rings. The van der Waals surface area contributed by atoms with E-state index in [4.69, 9.17) is 0 Å². The van der Waals surface area contributed by atoms with Gasteiger partial charge in [0.2, 0.25) is 0 Å². The van der Waals surface area contributed by atoms with Crippen LogP contribution < -0.4 is 4.90 Å². The molecule has 0 saturated heterocycles.